The van der Waals surface area contributed by atoms with E-state index in [1.54, 1.807) is 6.07 Å². The molecule has 0 spiro atoms. The Labute approximate surface area is 113 Å². The first kappa shape index (κ1) is 11.7. The fourth-order valence-electron chi connectivity index (χ4n) is 1.98. The molecule has 94 valence electrons. The molecular weight excluding hydrogens is 264 g/mol. The number of carboxylic acids is 1. The Morgan fingerprint density at radius 3 is 2.79 bits per heavy atom. The fraction of sp³-hybridized carbons (Fsp3) is 0. The maximum Gasteiger partial charge on any atom is 0.337 e. The molecule has 0 bridgehead atoms. The molecule has 0 aliphatic rings. The minimum Gasteiger partial charge on any atom is -0.478 e. The molecule has 4 nitrogen and oxygen atoms in total. The summed E-state index contributed by atoms with van der Waals surface area (Å²) in [4.78, 5) is 18.1. The Morgan fingerprint density at radius 1 is 1.26 bits per heavy atom. The van der Waals surface area contributed by atoms with Crippen molar-refractivity contribution in [1.29, 1.82) is 0 Å². The largest absolute Gasteiger partial charge is 0.478 e. The van der Waals surface area contributed by atoms with Gasteiger partial charge in [-0.1, -0.05) is 11.6 Å². The maximum absolute atomic E-state index is 10.8. The Bertz CT molecular complexity index is 763. The van der Waals surface area contributed by atoms with E-state index in [9.17, 15) is 4.79 Å². The van der Waals surface area contributed by atoms with Gasteiger partial charge in [0.25, 0.3) is 0 Å². The predicted octanol–water partition coefficient (Wildman–Crippen LogP) is 3.58. The zero-order valence-corrected chi connectivity index (χ0v) is 10.5. The second kappa shape index (κ2) is 4.40. The SMILES string of the molecule is O=C(O)c1ccc(-c2c[nH]c3ccc(Cl)cc23)nc1. The van der Waals surface area contributed by atoms with Crippen molar-refractivity contribution in [2.45, 2.75) is 0 Å². The lowest BCUT2D eigenvalue weighted by atomic mass is 10.1. The van der Waals surface area contributed by atoms with Crippen molar-refractivity contribution >= 4 is 28.5 Å². The lowest BCUT2D eigenvalue weighted by molar-refractivity contribution is 0.0696. The van der Waals surface area contributed by atoms with Gasteiger partial charge in [0.15, 0.2) is 0 Å². The zero-order chi connectivity index (χ0) is 13.4. The van der Waals surface area contributed by atoms with Crippen LogP contribution in [0.3, 0.4) is 0 Å². The van der Waals surface area contributed by atoms with Crippen LogP contribution in [-0.2, 0) is 0 Å². The normalized spacial score (nSPS) is 10.8. The van der Waals surface area contributed by atoms with Gasteiger partial charge in [-0.3, -0.25) is 4.98 Å². The molecule has 2 aromatic heterocycles. The Morgan fingerprint density at radius 2 is 2.11 bits per heavy atom. The number of rotatable bonds is 2. The molecule has 1 aromatic carbocycles. The van der Waals surface area contributed by atoms with Gasteiger partial charge >= 0.3 is 5.97 Å². The smallest absolute Gasteiger partial charge is 0.337 e. The number of H-pyrrole nitrogens is 1. The van der Waals surface area contributed by atoms with Crippen molar-refractivity contribution in [2.24, 2.45) is 0 Å². The Kier molecular flexibility index (Phi) is 2.72. The number of carboxylic acid groups (broad SMARTS) is 1. The molecule has 19 heavy (non-hydrogen) atoms. The van der Waals surface area contributed by atoms with Gasteiger partial charge in [-0.15, -0.1) is 0 Å². The summed E-state index contributed by atoms with van der Waals surface area (Å²) in [5.74, 6) is -0.985. The monoisotopic (exact) mass is 272 g/mol. The number of aromatic nitrogens is 2. The van der Waals surface area contributed by atoms with Crippen molar-refractivity contribution in [3.05, 3.63) is 53.3 Å². The maximum atomic E-state index is 10.8. The molecule has 5 heteroatoms. The number of aromatic amines is 1. The van der Waals surface area contributed by atoms with Gasteiger partial charge in [-0.25, -0.2) is 4.79 Å². The van der Waals surface area contributed by atoms with Crippen LogP contribution < -0.4 is 0 Å². The molecule has 0 aliphatic heterocycles. The molecule has 0 aliphatic carbocycles. The molecule has 0 atom stereocenters. The molecule has 0 fully saturated rings. The molecule has 0 amide bonds. The number of carbonyl (C=O) groups is 1. The first-order valence-electron chi connectivity index (χ1n) is 5.61. The van der Waals surface area contributed by atoms with Gasteiger partial charge in [0.2, 0.25) is 0 Å². The first-order valence-corrected chi connectivity index (χ1v) is 5.99. The van der Waals surface area contributed by atoms with Gasteiger partial charge in [-0.2, -0.15) is 0 Å². The van der Waals surface area contributed by atoms with E-state index in [1.165, 1.54) is 12.3 Å². The van der Waals surface area contributed by atoms with E-state index in [1.807, 2.05) is 24.4 Å². The Balaban J connectivity index is 2.13. The zero-order valence-electron chi connectivity index (χ0n) is 9.72. The standard InChI is InChI=1S/C14H9ClN2O2/c15-9-2-4-12-10(5-9)11(7-17-12)13-3-1-8(6-16-13)14(18)19/h1-7,17H,(H,18,19). The first-order chi connectivity index (χ1) is 9.15. The van der Waals surface area contributed by atoms with E-state index in [0.717, 1.165) is 16.5 Å². The van der Waals surface area contributed by atoms with E-state index in [0.29, 0.717) is 10.7 Å². The van der Waals surface area contributed by atoms with Gasteiger partial charge in [0.05, 0.1) is 11.3 Å². The number of halogens is 1. The van der Waals surface area contributed by atoms with Crippen molar-refractivity contribution < 1.29 is 9.90 Å². The van der Waals surface area contributed by atoms with Gasteiger partial charge < -0.3 is 10.1 Å². The number of aromatic carboxylic acids is 1. The molecule has 3 rings (SSSR count). The topological polar surface area (TPSA) is 66.0 Å². The Hall–Kier alpha value is -2.33. The van der Waals surface area contributed by atoms with E-state index in [-0.39, 0.29) is 5.56 Å². The number of fused-ring (bicyclic) bond motifs is 1. The summed E-state index contributed by atoms with van der Waals surface area (Å²) in [5.41, 5.74) is 2.73. The van der Waals surface area contributed by atoms with E-state index < -0.39 is 5.97 Å². The molecule has 2 heterocycles. The van der Waals surface area contributed by atoms with Crippen LogP contribution in [0.4, 0.5) is 0 Å². The van der Waals surface area contributed by atoms with Crippen LogP contribution in [-0.4, -0.2) is 21.0 Å². The molecule has 2 N–H and O–H groups in total. The lowest BCUT2D eigenvalue weighted by Crippen LogP contribution is -1.96. The highest BCUT2D eigenvalue weighted by molar-refractivity contribution is 6.31. The number of hydrogen-bond donors (Lipinski definition) is 2. The summed E-state index contributed by atoms with van der Waals surface area (Å²) in [6.45, 7) is 0. The van der Waals surface area contributed by atoms with Crippen LogP contribution in [0, 0.1) is 0 Å². The summed E-state index contributed by atoms with van der Waals surface area (Å²) in [7, 11) is 0. The summed E-state index contributed by atoms with van der Waals surface area (Å²) in [6, 6.07) is 8.79. The summed E-state index contributed by atoms with van der Waals surface area (Å²) >= 11 is 5.99. The summed E-state index contributed by atoms with van der Waals surface area (Å²) in [5, 5.41) is 10.5. The average Bonchev–Trinajstić information content (AvgIpc) is 2.81. The molecule has 0 radical (unpaired) electrons. The van der Waals surface area contributed by atoms with Crippen molar-refractivity contribution in [3.8, 4) is 11.3 Å². The number of nitrogens with zero attached hydrogens (tertiary/aromatic N) is 1. The molecule has 3 aromatic rings. The number of pyridine rings is 1. The minimum atomic E-state index is -0.985. The average molecular weight is 273 g/mol. The van der Waals surface area contributed by atoms with Crippen LogP contribution >= 0.6 is 11.6 Å². The van der Waals surface area contributed by atoms with Crippen LogP contribution in [0.1, 0.15) is 10.4 Å². The van der Waals surface area contributed by atoms with Gasteiger partial charge in [0, 0.05) is 33.9 Å². The predicted molar refractivity (Wildman–Crippen MR) is 73.5 cm³/mol. The highest BCUT2D eigenvalue weighted by Crippen LogP contribution is 2.29. The lowest BCUT2D eigenvalue weighted by Gasteiger charge is -2.00. The summed E-state index contributed by atoms with van der Waals surface area (Å²) < 4.78 is 0. The molecular formula is C14H9ClN2O2. The highest BCUT2D eigenvalue weighted by atomic mass is 35.5. The van der Waals surface area contributed by atoms with E-state index in [4.69, 9.17) is 16.7 Å². The van der Waals surface area contributed by atoms with Gasteiger partial charge in [-0.05, 0) is 30.3 Å². The third-order valence-corrected chi connectivity index (χ3v) is 3.17. The van der Waals surface area contributed by atoms with Crippen LogP contribution in [0.2, 0.25) is 5.02 Å². The summed E-state index contributed by atoms with van der Waals surface area (Å²) in [6.07, 6.45) is 3.19. The highest BCUT2D eigenvalue weighted by Gasteiger charge is 2.09. The van der Waals surface area contributed by atoms with Crippen molar-refractivity contribution in [3.63, 3.8) is 0 Å². The van der Waals surface area contributed by atoms with E-state index >= 15 is 0 Å². The van der Waals surface area contributed by atoms with Crippen LogP contribution in [0.25, 0.3) is 22.2 Å². The quantitative estimate of drug-likeness (QED) is 0.749. The van der Waals surface area contributed by atoms with Crippen LogP contribution in [0.15, 0.2) is 42.7 Å². The fourth-order valence-corrected chi connectivity index (χ4v) is 2.16. The molecule has 0 saturated carbocycles. The molecule has 0 saturated heterocycles. The third kappa shape index (κ3) is 2.06. The number of nitrogens with one attached hydrogen (secondary N) is 1. The second-order valence-corrected chi connectivity index (χ2v) is 4.57. The van der Waals surface area contributed by atoms with Crippen LogP contribution in [0.5, 0.6) is 0 Å². The van der Waals surface area contributed by atoms with E-state index in [2.05, 4.69) is 9.97 Å². The van der Waals surface area contributed by atoms with Gasteiger partial charge in [0.1, 0.15) is 0 Å². The number of hydrogen-bond acceptors (Lipinski definition) is 2. The number of benzene rings is 1. The van der Waals surface area contributed by atoms with Crippen molar-refractivity contribution in [1.82, 2.24) is 9.97 Å². The second-order valence-electron chi connectivity index (χ2n) is 4.13. The molecule has 0 unspecified atom stereocenters. The third-order valence-electron chi connectivity index (χ3n) is 2.93. The minimum absolute atomic E-state index is 0.168. The van der Waals surface area contributed by atoms with Crippen molar-refractivity contribution in [2.75, 3.05) is 0 Å².